The van der Waals surface area contributed by atoms with Crippen molar-refractivity contribution in [2.24, 2.45) is 7.05 Å². The molecule has 146 valence electrons. The zero-order valence-electron chi connectivity index (χ0n) is 15.4. The van der Waals surface area contributed by atoms with E-state index in [1.165, 1.54) is 39.5 Å². The number of nitrogens with one attached hydrogen (secondary N) is 1. The summed E-state index contributed by atoms with van der Waals surface area (Å²) in [5.74, 6) is -0.596. The average Bonchev–Trinajstić information content (AvgIpc) is 3.47. The number of benzene rings is 1. The minimum Gasteiger partial charge on any atom is -0.346 e. The Hall–Kier alpha value is -3.10. The molecule has 0 aliphatic heterocycles. The molecule has 1 N–H and O–H groups in total. The predicted octanol–water partition coefficient (Wildman–Crippen LogP) is 4.51. The van der Waals surface area contributed by atoms with Crippen LogP contribution in [-0.2, 0) is 13.6 Å². The van der Waals surface area contributed by atoms with Gasteiger partial charge in [-0.05, 0) is 53.9 Å². The molecule has 1 amide bonds. The largest absolute Gasteiger partial charge is 0.346 e. The third kappa shape index (κ3) is 4.18. The van der Waals surface area contributed by atoms with Crippen molar-refractivity contribution >= 4 is 34.4 Å². The fourth-order valence-corrected chi connectivity index (χ4v) is 4.47. The highest BCUT2D eigenvalue weighted by atomic mass is 32.1. The van der Waals surface area contributed by atoms with Crippen LogP contribution in [-0.4, -0.2) is 21.5 Å². The maximum Gasteiger partial charge on any atom is 0.269 e. The third-order valence-corrected chi connectivity index (χ3v) is 6.26. The fourth-order valence-electron chi connectivity index (χ4n) is 2.82. The number of halogens is 1. The van der Waals surface area contributed by atoms with Gasteiger partial charge in [-0.15, -0.1) is 22.7 Å². The SMILES string of the molecule is Cn1nc(-c2ccc(F)cc2)cc1C(=O)NCc1ccc(C(=O)c2cccs2)s1. The first-order chi connectivity index (χ1) is 14.0. The first kappa shape index (κ1) is 19.2. The van der Waals surface area contributed by atoms with Gasteiger partial charge in [0.05, 0.1) is 22.0 Å². The lowest BCUT2D eigenvalue weighted by molar-refractivity contribution is 0.0941. The molecule has 0 fully saturated rings. The van der Waals surface area contributed by atoms with Crippen molar-refractivity contribution in [1.82, 2.24) is 15.1 Å². The molecular weight excluding hydrogens is 409 g/mol. The van der Waals surface area contributed by atoms with Crippen molar-refractivity contribution in [3.8, 4) is 11.3 Å². The quantitative estimate of drug-likeness (QED) is 0.462. The monoisotopic (exact) mass is 425 g/mol. The highest BCUT2D eigenvalue weighted by molar-refractivity contribution is 7.16. The number of carbonyl (C=O) groups is 2. The summed E-state index contributed by atoms with van der Waals surface area (Å²) in [6.45, 7) is 0.318. The zero-order chi connectivity index (χ0) is 20.4. The second kappa shape index (κ2) is 8.10. The van der Waals surface area contributed by atoms with Crippen molar-refractivity contribution in [2.45, 2.75) is 6.54 Å². The molecule has 4 aromatic rings. The number of ketones is 1. The van der Waals surface area contributed by atoms with E-state index in [2.05, 4.69) is 10.4 Å². The first-order valence-electron chi connectivity index (χ1n) is 8.76. The third-order valence-electron chi connectivity index (χ3n) is 4.31. The summed E-state index contributed by atoms with van der Waals surface area (Å²) in [5, 5.41) is 9.06. The van der Waals surface area contributed by atoms with Gasteiger partial charge < -0.3 is 5.32 Å². The number of aromatic nitrogens is 2. The maximum absolute atomic E-state index is 13.1. The highest BCUT2D eigenvalue weighted by Gasteiger charge is 2.16. The maximum atomic E-state index is 13.1. The van der Waals surface area contributed by atoms with E-state index in [9.17, 15) is 14.0 Å². The molecule has 0 aliphatic carbocycles. The number of amides is 1. The van der Waals surface area contributed by atoms with Gasteiger partial charge in [-0.2, -0.15) is 5.10 Å². The van der Waals surface area contributed by atoms with Crippen LogP contribution in [0.25, 0.3) is 11.3 Å². The topological polar surface area (TPSA) is 64.0 Å². The van der Waals surface area contributed by atoms with Crippen LogP contribution in [0.2, 0.25) is 0 Å². The van der Waals surface area contributed by atoms with Gasteiger partial charge in [-0.25, -0.2) is 4.39 Å². The molecule has 8 heteroatoms. The zero-order valence-corrected chi connectivity index (χ0v) is 17.0. The second-order valence-electron chi connectivity index (χ2n) is 6.30. The molecule has 0 saturated heterocycles. The van der Waals surface area contributed by atoms with E-state index >= 15 is 0 Å². The lowest BCUT2D eigenvalue weighted by atomic mass is 10.1. The molecule has 0 bridgehead atoms. The number of rotatable bonds is 6. The molecule has 0 atom stereocenters. The van der Waals surface area contributed by atoms with Gasteiger partial charge >= 0.3 is 0 Å². The minimum atomic E-state index is -0.324. The molecule has 5 nitrogen and oxygen atoms in total. The van der Waals surface area contributed by atoms with Crippen LogP contribution in [0.15, 0.2) is 60.0 Å². The summed E-state index contributed by atoms with van der Waals surface area (Å²) >= 11 is 2.78. The standard InChI is InChI=1S/C21H16FN3O2S2/c1-25-17(11-16(24-25)13-4-6-14(22)7-5-13)21(27)23-12-15-8-9-19(29-15)20(26)18-3-2-10-28-18/h2-11H,12H2,1H3,(H,23,27). The van der Waals surface area contributed by atoms with Crippen LogP contribution in [0, 0.1) is 5.82 Å². The molecule has 0 radical (unpaired) electrons. The van der Waals surface area contributed by atoms with Crippen LogP contribution in [0.3, 0.4) is 0 Å². The number of hydrogen-bond acceptors (Lipinski definition) is 5. The summed E-state index contributed by atoms with van der Waals surface area (Å²) in [4.78, 5) is 27.2. The van der Waals surface area contributed by atoms with Crippen LogP contribution in [0.5, 0.6) is 0 Å². The van der Waals surface area contributed by atoms with E-state index in [0.29, 0.717) is 27.7 Å². The van der Waals surface area contributed by atoms with E-state index in [0.717, 1.165) is 10.4 Å². The van der Waals surface area contributed by atoms with E-state index < -0.39 is 0 Å². The Balaban J connectivity index is 1.43. The minimum absolute atomic E-state index is 0.00171. The molecule has 1 aromatic carbocycles. The van der Waals surface area contributed by atoms with Gasteiger partial charge in [-0.3, -0.25) is 14.3 Å². The van der Waals surface area contributed by atoms with Crippen molar-refractivity contribution in [3.05, 3.63) is 86.1 Å². The molecule has 29 heavy (non-hydrogen) atoms. The highest BCUT2D eigenvalue weighted by Crippen LogP contribution is 2.23. The Morgan fingerprint density at radius 2 is 1.90 bits per heavy atom. The van der Waals surface area contributed by atoms with Gasteiger partial charge in [-0.1, -0.05) is 6.07 Å². The van der Waals surface area contributed by atoms with Crippen LogP contribution >= 0.6 is 22.7 Å². The van der Waals surface area contributed by atoms with Crippen LogP contribution in [0.1, 0.15) is 29.9 Å². The van der Waals surface area contributed by atoms with Crippen molar-refractivity contribution in [2.75, 3.05) is 0 Å². The molecule has 4 rings (SSSR count). The van der Waals surface area contributed by atoms with E-state index in [-0.39, 0.29) is 17.5 Å². The predicted molar refractivity (Wildman–Crippen MR) is 112 cm³/mol. The molecule has 3 aromatic heterocycles. The van der Waals surface area contributed by atoms with Gasteiger partial charge in [0.1, 0.15) is 11.5 Å². The summed E-state index contributed by atoms with van der Waals surface area (Å²) in [6.07, 6.45) is 0. The fraction of sp³-hybridized carbons (Fsp3) is 0.0952. The Morgan fingerprint density at radius 1 is 1.10 bits per heavy atom. The van der Waals surface area contributed by atoms with Crippen LogP contribution < -0.4 is 5.32 Å². The van der Waals surface area contributed by atoms with E-state index in [1.54, 1.807) is 37.4 Å². The summed E-state index contributed by atoms with van der Waals surface area (Å²) in [7, 11) is 1.69. The van der Waals surface area contributed by atoms with E-state index in [1.807, 2.05) is 17.5 Å². The number of hydrogen-bond donors (Lipinski definition) is 1. The van der Waals surface area contributed by atoms with Crippen molar-refractivity contribution < 1.29 is 14.0 Å². The second-order valence-corrected chi connectivity index (χ2v) is 8.42. The molecule has 0 aliphatic rings. The molecular formula is C21H16FN3O2S2. The Labute approximate surface area is 174 Å². The summed E-state index contributed by atoms with van der Waals surface area (Å²) in [6, 6.07) is 14.9. The first-order valence-corrected chi connectivity index (χ1v) is 10.5. The van der Waals surface area contributed by atoms with Gasteiger partial charge in [0.2, 0.25) is 5.78 Å². The van der Waals surface area contributed by atoms with E-state index in [4.69, 9.17) is 0 Å². The molecule has 0 spiro atoms. The van der Waals surface area contributed by atoms with Crippen LogP contribution in [0.4, 0.5) is 4.39 Å². The Kier molecular flexibility index (Phi) is 5.37. The Bertz CT molecular complexity index is 1160. The number of aryl methyl sites for hydroxylation is 1. The number of carbonyl (C=O) groups excluding carboxylic acids is 2. The number of thiophene rings is 2. The summed E-state index contributed by atoms with van der Waals surface area (Å²) < 4.78 is 14.6. The van der Waals surface area contributed by atoms with Gasteiger partial charge in [0.15, 0.2) is 0 Å². The normalized spacial score (nSPS) is 10.8. The Morgan fingerprint density at radius 3 is 2.62 bits per heavy atom. The van der Waals surface area contributed by atoms with Crippen molar-refractivity contribution in [3.63, 3.8) is 0 Å². The van der Waals surface area contributed by atoms with Gasteiger partial charge in [0.25, 0.3) is 5.91 Å². The average molecular weight is 426 g/mol. The molecule has 3 heterocycles. The number of nitrogens with zero attached hydrogens (tertiary/aromatic N) is 2. The smallest absolute Gasteiger partial charge is 0.269 e. The molecule has 0 saturated carbocycles. The van der Waals surface area contributed by atoms with Crippen molar-refractivity contribution in [1.29, 1.82) is 0 Å². The lowest BCUT2D eigenvalue weighted by Crippen LogP contribution is -2.24. The molecule has 0 unspecified atom stereocenters. The summed E-state index contributed by atoms with van der Waals surface area (Å²) in [5.41, 5.74) is 1.73. The lowest BCUT2D eigenvalue weighted by Gasteiger charge is -2.03. The van der Waals surface area contributed by atoms with Gasteiger partial charge in [0, 0.05) is 17.5 Å².